The average Bonchev–Trinajstić information content (AvgIpc) is 3.35. The third-order valence-electron chi connectivity index (χ3n) is 4.57. The maximum absolute atomic E-state index is 12.4. The number of hydrogen-bond donors (Lipinski definition) is 3. The number of esters is 1. The number of fused-ring (bicyclic) bond motifs is 2. The number of carbonyl (C=O) groups is 2. The van der Waals surface area contributed by atoms with Crippen LogP contribution in [0.3, 0.4) is 0 Å². The number of aryl methyl sites for hydroxylation is 1. The Hall–Kier alpha value is -4.65. The summed E-state index contributed by atoms with van der Waals surface area (Å²) in [6.07, 6.45) is 5.22. The highest BCUT2D eigenvalue weighted by molar-refractivity contribution is 6.43. The van der Waals surface area contributed by atoms with Crippen LogP contribution in [-0.2, 0) is 14.4 Å². The first-order chi connectivity index (χ1) is 15.4. The lowest BCUT2D eigenvalue weighted by molar-refractivity contribution is -0.135. The quantitative estimate of drug-likeness (QED) is 0.145. The summed E-state index contributed by atoms with van der Waals surface area (Å²) in [6.45, 7) is 3.57. The molecule has 4 aromatic rings. The van der Waals surface area contributed by atoms with Crippen molar-refractivity contribution < 1.29 is 19.2 Å². The Labute approximate surface area is 181 Å². The number of anilines is 1. The fraction of sp³-hybridized carbons (Fsp3) is 0.136. The van der Waals surface area contributed by atoms with E-state index in [1.807, 2.05) is 18.9 Å². The van der Waals surface area contributed by atoms with Crippen LogP contribution in [0.5, 0.6) is 0 Å². The van der Waals surface area contributed by atoms with E-state index in [0.29, 0.717) is 11.5 Å². The van der Waals surface area contributed by atoms with Gasteiger partial charge in [0.25, 0.3) is 0 Å². The molecule has 3 aromatic heterocycles. The number of imidazole rings is 1. The van der Waals surface area contributed by atoms with Crippen LogP contribution in [0.2, 0.25) is 0 Å². The minimum absolute atomic E-state index is 0.119. The second-order valence-electron chi connectivity index (χ2n) is 6.78. The minimum atomic E-state index is -0.842. The second-order valence-corrected chi connectivity index (χ2v) is 6.78. The van der Waals surface area contributed by atoms with Crippen molar-refractivity contribution in [2.45, 2.75) is 13.8 Å². The summed E-state index contributed by atoms with van der Waals surface area (Å²) >= 11 is 0. The summed E-state index contributed by atoms with van der Waals surface area (Å²) < 4.78 is 4.75. The van der Waals surface area contributed by atoms with E-state index in [-0.39, 0.29) is 12.2 Å². The van der Waals surface area contributed by atoms with Crippen LogP contribution in [0.1, 0.15) is 23.1 Å². The highest BCUT2D eigenvalue weighted by Gasteiger charge is 2.16. The van der Waals surface area contributed by atoms with Crippen LogP contribution >= 0.6 is 0 Å². The number of hydrogen-bond acceptors (Lipinski definition) is 8. The lowest BCUT2D eigenvalue weighted by atomic mass is 10.1. The molecule has 1 aromatic carbocycles. The molecular formula is C22H18N6O4. The first-order valence-electron chi connectivity index (χ1n) is 9.58. The number of rotatable bonds is 5. The van der Waals surface area contributed by atoms with Gasteiger partial charge in [0.2, 0.25) is 5.71 Å². The number of benzene rings is 1. The van der Waals surface area contributed by atoms with Gasteiger partial charge in [-0.15, -0.1) is 6.42 Å². The summed E-state index contributed by atoms with van der Waals surface area (Å²) in [5, 5.41) is 4.18. The number of carbonyl (C=O) groups excluding carboxylic acids is 2. The zero-order chi connectivity index (χ0) is 22.8. The van der Waals surface area contributed by atoms with Crippen molar-refractivity contribution in [1.82, 2.24) is 19.9 Å². The zero-order valence-electron chi connectivity index (χ0n) is 17.2. The maximum atomic E-state index is 12.4. The standard InChI is InChI=1S/C22H18N6O4/c1-4-15(22(30)31-5-2)28-32-21(29)12-6-7-16-13(8-12)9-17(26-16)14-10-18(23)27-20-19(14)24-11(3)25-20/h1,6-10,26H,5H2,2-3H3,(H3,23,24,25,27)/b28-15+. The molecule has 0 fully saturated rings. The van der Waals surface area contributed by atoms with Gasteiger partial charge >= 0.3 is 11.9 Å². The lowest BCUT2D eigenvalue weighted by Crippen LogP contribution is -2.17. The fourth-order valence-corrected chi connectivity index (χ4v) is 3.20. The van der Waals surface area contributed by atoms with Gasteiger partial charge in [0.05, 0.1) is 17.7 Å². The number of H-pyrrole nitrogens is 2. The van der Waals surface area contributed by atoms with Crippen molar-refractivity contribution in [2.24, 2.45) is 5.16 Å². The van der Waals surface area contributed by atoms with E-state index >= 15 is 0 Å². The molecule has 0 unspecified atom stereocenters. The zero-order valence-corrected chi connectivity index (χ0v) is 17.2. The molecule has 4 rings (SSSR count). The number of pyridine rings is 1. The third kappa shape index (κ3) is 3.87. The number of nitrogen functional groups attached to an aromatic ring is 1. The highest BCUT2D eigenvalue weighted by atomic mass is 16.7. The van der Waals surface area contributed by atoms with Crippen molar-refractivity contribution >= 4 is 45.5 Å². The topological polar surface area (TPSA) is 148 Å². The first-order valence-corrected chi connectivity index (χ1v) is 9.58. The van der Waals surface area contributed by atoms with E-state index in [1.54, 1.807) is 31.2 Å². The SMILES string of the molecule is C#C/C(=N\OC(=O)c1ccc2[nH]c(-c3cc(N)nc4nc(C)[nH]c34)cc2c1)C(=O)OCC. The Morgan fingerprint density at radius 2 is 2.03 bits per heavy atom. The van der Waals surface area contributed by atoms with Crippen LogP contribution in [0.15, 0.2) is 35.5 Å². The number of nitrogens with two attached hydrogens (primary N) is 1. The number of ether oxygens (including phenoxy) is 1. The largest absolute Gasteiger partial charge is 0.461 e. The van der Waals surface area contributed by atoms with E-state index in [1.165, 1.54) is 0 Å². The van der Waals surface area contributed by atoms with Gasteiger partial charge in [-0.3, -0.25) is 0 Å². The molecule has 0 amide bonds. The van der Waals surface area contributed by atoms with Gasteiger partial charge in [-0.25, -0.2) is 19.6 Å². The molecule has 0 aliphatic carbocycles. The second kappa shape index (κ2) is 8.23. The number of terminal acetylenes is 1. The minimum Gasteiger partial charge on any atom is -0.461 e. The van der Waals surface area contributed by atoms with Crippen molar-refractivity contribution in [2.75, 3.05) is 12.3 Å². The molecule has 160 valence electrons. The van der Waals surface area contributed by atoms with Gasteiger partial charge in [-0.2, -0.15) is 0 Å². The van der Waals surface area contributed by atoms with Gasteiger partial charge < -0.3 is 25.3 Å². The van der Waals surface area contributed by atoms with Gasteiger partial charge in [0.15, 0.2) is 5.65 Å². The lowest BCUT2D eigenvalue weighted by Gasteiger charge is -2.01. The summed E-state index contributed by atoms with van der Waals surface area (Å²) in [6, 6.07) is 8.54. The predicted octanol–water partition coefficient (Wildman–Crippen LogP) is 2.71. The van der Waals surface area contributed by atoms with Crippen LogP contribution in [0, 0.1) is 19.3 Å². The average molecular weight is 430 g/mol. The highest BCUT2D eigenvalue weighted by Crippen LogP contribution is 2.30. The summed E-state index contributed by atoms with van der Waals surface area (Å²) in [7, 11) is 0. The molecule has 10 nitrogen and oxygen atoms in total. The van der Waals surface area contributed by atoms with E-state index in [0.717, 1.165) is 33.5 Å². The van der Waals surface area contributed by atoms with E-state index < -0.39 is 17.7 Å². The van der Waals surface area contributed by atoms with Crippen LogP contribution in [0.4, 0.5) is 5.82 Å². The molecule has 10 heteroatoms. The molecular weight excluding hydrogens is 412 g/mol. The molecule has 0 radical (unpaired) electrons. The van der Waals surface area contributed by atoms with Crippen LogP contribution in [-0.4, -0.2) is 44.2 Å². The molecule has 0 saturated heterocycles. The molecule has 4 N–H and O–H groups in total. The van der Waals surface area contributed by atoms with Gasteiger partial charge in [0, 0.05) is 22.2 Å². The molecule has 0 saturated carbocycles. The Bertz CT molecular complexity index is 1440. The van der Waals surface area contributed by atoms with Crippen molar-refractivity contribution in [3.05, 3.63) is 41.7 Å². The van der Waals surface area contributed by atoms with Crippen molar-refractivity contribution in [3.8, 4) is 23.6 Å². The van der Waals surface area contributed by atoms with Gasteiger partial charge in [-0.05, 0) is 50.1 Å². The molecule has 0 atom stereocenters. The van der Waals surface area contributed by atoms with E-state index in [4.69, 9.17) is 21.7 Å². The number of aromatic nitrogens is 4. The van der Waals surface area contributed by atoms with E-state index in [9.17, 15) is 9.59 Å². The summed E-state index contributed by atoms with van der Waals surface area (Å²) in [5.74, 6) is 1.48. The monoisotopic (exact) mass is 430 g/mol. The van der Waals surface area contributed by atoms with Crippen molar-refractivity contribution in [1.29, 1.82) is 0 Å². The normalized spacial score (nSPS) is 11.5. The van der Waals surface area contributed by atoms with Crippen molar-refractivity contribution in [3.63, 3.8) is 0 Å². The molecule has 3 heterocycles. The predicted molar refractivity (Wildman–Crippen MR) is 119 cm³/mol. The van der Waals surface area contributed by atoms with Crippen LogP contribution < -0.4 is 5.73 Å². The van der Waals surface area contributed by atoms with Crippen LogP contribution in [0.25, 0.3) is 33.3 Å². The molecule has 0 aliphatic rings. The molecule has 0 bridgehead atoms. The third-order valence-corrected chi connectivity index (χ3v) is 4.57. The fourth-order valence-electron chi connectivity index (χ4n) is 3.20. The summed E-state index contributed by atoms with van der Waals surface area (Å²) in [5.41, 5.74) is 9.35. The Morgan fingerprint density at radius 3 is 2.78 bits per heavy atom. The van der Waals surface area contributed by atoms with Gasteiger partial charge in [-0.1, -0.05) is 5.16 Å². The number of aromatic amines is 2. The number of nitrogens with one attached hydrogen (secondary N) is 2. The molecule has 0 spiro atoms. The number of nitrogens with zero attached hydrogens (tertiary/aromatic N) is 3. The number of oxime groups is 1. The Balaban J connectivity index is 1.65. The first kappa shape index (κ1) is 20.6. The summed E-state index contributed by atoms with van der Waals surface area (Å²) in [4.78, 5) is 43.9. The maximum Gasteiger partial charge on any atom is 0.369 e. The molecule has 32 heavy (non-hydrogen) atoms. The Kier molecular flexibility index (Phi) is 5.30. The Morgan fingerprint density at radius 1 is 1.22 bits per heavy atom. The van der Waals surface area contributed by atoms with E-state index in [2.05, 4.69) is 25.1 Å². The van der Waals surface area contributed by atoms with Gasteiger partial charge in [0.1, 0.15) is 11.6 Å². The smallest absolute Gasteiger partial charge is 0.369 e. The molecule has 0 aliphatic heterocycles.